The van der Waals surface area contributed by atoms with Crippen LogP contribution >= 0.6 is 182 Å². The maximum absolute atomic E-state index is 14.6. The van der Waals surface area contributed by atoms with Crippen LogP contribution in [0.15, 0.2) is 234 Å². The molecule has 0 radical (unpaired) electrons. The van der Waals surface area contributed by atoms with Crippen molar-refractivity contribution in [2.75, 3.05) is 18.1 Å². The predicted molar refractivity (Wildman–Crippen MR) is 503 cm³/mol. The van der Waals surface area contributed by atoms with Crippen LogP contribution in [0.25, 0.3) is 38.9 Å². The van der Waals surface area contributed by atoms with Gasteiger partial charge in [-0.15, -0.1) is 84.3 Å². The molecule has 5 aromatic carbocycles. The maximum Gasteiger partial charge on any atom is 0.345 e. The van der Waals surface area contributed by atoms with E-state index >= 15 is 0 Å². The number of thiophene rings is 5. The molecule has 0 saturated heterocycles. The van der Waals surface area contributed by atoms with Gasteiger partial charge in [-0.1, -0.05) is 90.9 Å². The number of nitrogens with two attached hydrogens (primary N) is 1. The zero-order valence-corrected chi connectivity index (χ0v) is 77.6. The molecule has 41 heteroatoms. The van der Waals surface area contributed by atoms with Crippen LogP contribution < -0.4 is 22.2 Å². The van der Waals surface area contributed by atoms with Crippen LogP contribution in [0.2, 0.25) is 21.7 Å². The lowest BCUT2D eigenvalue weighted by molar-refractivity contribution is 0.0701. The minimum atomic E-state index is -0.924. The molecule has 10 aromatic heterocycles. The predicted octanol–water partition coefficient (Wildman–Crippen LogP) is 23.1. The molecule has 0 fully saturated rings. The van der Waals surface area contributed by atoms with E-state index < -0.39 is 17.6 Å². The van der Waals surface area contributed by atoms with Crippen molar-refractivity contribution in [2.24, 2.45) is 5.11 Å². The number of nitrogen functional groups attached to an aromatic ring is 1. The molecule has 0 unspecified atom stereocenters. The number of nitrogens with zero attached hydrogens (tertiary/aromatic N) is 14. The average Bonchev–Trinajstić information content (AvgIpc) is 1.80. The zero-order valence-electron chi connectivity index (χ0n) is 63.2. The van der Waals surface area contributed by atoms with Crippen molar-refractivity contribution in [2.45, 2.75) is 51.4 Å². The molecule has 0 bridgehead atoms. The average molecular weight is 2190 g/mol. The first kappa shape index (κ1) is 96.7. The van der Waals surface area contributed by atoms with Crippen LogP contribution in [0, 0.1) is 46.3 Å². The van der Waals surface area contributed by atoms with E-state index in [0.29, 0.717) is 109 Å². The van der Waals surface area contributed by atoms with Crippen molar-refractivity contribution >= 4 is 229 Å². The Labute approximate surface area is 783 Å². The molecule has 0 aliphatic rings. The quantitative estimate of drug-likeness (QED) is 0.00783. The molecule has 630 valence electrons. The number of terminal acetylenes is 1. The summed E-state index contributed by atoms with van der Waals surface area (Å²) in [5, 5.41) is 38.9. The number of carboxylic acids is 1. The number of carboxylic acid groups (broad SMARTS) is 1. The molecule has 0 atom stereocenters. The molecular formula is C82H60Cl5F4I3N16O8S5. The van der Waals surface area contributed by atoms with Crippen LogP contribution in [-0.2, 0) is 19.3 Å². The van der Waals surface area contributed by atoms with Gasteiger partial charge in [-0.05, 0) is 231 Å². The molecule has 0 spiro atoms. The number of rotatable bonds is 23. The van der Waals surface area contributed by atoms with Gasteiger partial charge in [0.05, 0.1) is 111 Å². The highest BCUT2D eigenvalue weighted by molar-refractivity contribution is 14.1. The second kappa shape index (κ2) is 48.2. The molecular weight excluding hydrogens is 2130 g/mol. The fourth-order valence-electron chi connectivity index (χ4n) is 10.2. The van der Waals surface area contributed by atoms with Crippen molar-refractivity contribution in [3.05, 3.63) is 347 Å². The minimum Gasteiger partial charge on any atom is -0.477 e. The Hall–Kier alpha value is -10.1. The maximum atomic E-state index is 14.6. The van der Waals surface area contributed by atoms with Gasteiger partial charge in [-0.2, -0.15) is 0 Å². The Balaban J connectivity index is 0.000000172. The van der Waals surface area contributed by atoms with Crippen LogP contribution in [0.4, 0.5) is 34.6 Å². The molecule has 15 aromatic rings. The van der Waals surface area contributed by atoms with Crippen LogP contribution in [-0.4, -0.2) is 95.4 Å². The summed E-state index contributed by atoms with van der Waals surface area (Å²) in [6.45, 7) is 0. The number of hydrogen-bond acceptors (Lipinski definition) is 21. The Morgan fingerprint density at radius 2 is 0.854 bits per heavy atom. The smallest absolute Gasteiger partial charge is 0.345 e. The summed E-state index contributed by atoms with van der Waals surface area (Å²) >= 11 is 40.9. The molecule has 15 rings (SSSR count). The van der Waals surface area contributed by atoms with Crippen molar-refractivity contribution in [3.63, 3.8) is 0 Å². The third-order valence-corrected chi connectivity index (χ3v) is 24.5. The van der Waals surface area contributed by atoms with Gasteiger partial charge < -0.3 is 16.2 Å². The number of nitrogens with one attached hydrogen (secondary N) is 1. The lowest BCUT2D eigenvalue weighted by atomic mass is 10.1. The summed E-state index contributed by atoms with van der Waals surface area (Å²) in [6.07, 6.45) is 16.5. The number of Topliss-reactive ketones (excluding diaryl/α,β-unsaturated/α-hetero) is 4. The molecule has 0 aliphatic carbocycles. The van der Waals surface area contributed by atoms with Crippen LogP contribution in [0.3, 0.4) is 0 Å². The summed E-state index contributed by atoms with van der Waals surface area (Å²) in [5.74, 6) is -0.146. The third kappa shape index (κ3) is 29.8. The number of ketones is 4. The van der Waals surface area contributed by atoms with Crippen molar-refractivity contribution in [1.29, 1.82) is 0 Å². The van der Waals surface area contributed by atoms with Gasteiger partial charge in [0, 0.05) is 105 Å². The van der Waals surface area contributed by atoms with Gasteiger partial charge in [0.1, 0.15) is 33.7 Å². The SMILES string of the molecule is C#CCCC(=O)c1ccc(Cl)s1.CNc1cc(-n2ccccc2=O)ccc1-n1cc(CCC(=O)c2ccc(Cl)s2)nn1.Nc1ccc(I)cc1F.O=C(CCc1cn(-c2ccc(-n3ccccc3=O)cc2F)nn1)c1ccc(Cl)s1.O=C(CCc1cn(-c2ccc(I)cc2F)nn1)c1ccc(Cl)s1.O=C(O)c1ccc(Cl)s1.[N-]=[N+]=Nc1ccc(I)cc1F. The fourth-order valence-corrected chi connectivity index (χ4v) is 16.5. The number of aromatic nitrogens is 11. The molecule has 24 nitrogen and oxygen atoms in total. The number of aromatic carboxylic acids is 1. The summed E-state index contributed by atoms with van der Waals surface area (Å²) in [7, 11) is 1.80. The number of azide groups is 1. The first-order valence-corrected chi connectivity index (χ1v) is 44.6. The number of benzene rings is 5. The topological polar surface area (TPSA) is 329 Å². The second-order valence-corrected chi connectivity index (χ2v) is 36.9. The van der Waals surface area contributed by atoms with E-state index in [2.05, 4.69) is 52.2 Å². The van der Waals surface area contributed by atoms with E-state index in [1.807, 2.05) is 92.0 Å². The van der Waals surface area contributed by atoms with E-state index in [1.165, 1.54) is 114 Å². The number of hydrogen-bond donors (Lipinski definition) is 3. The number of anilines is 2. The molecule has 0 saturated carbocycles. The highest BCUT2D eigenvalue weighted by Gasteiger charge is 2.19. The highest BCUT2D eigenvalue weighted by atomic mass is 127. The fraction of sp³-hybridized carbons (Fsp3) is 0.110. The number of aryl methyl sites for hydroxylation is 3. The lowest BCUT2D eigenvalue weighted by Gasteiger charge is -2.12. The van der Waals surface area contributed by atoms with Crippen LogP contribution in [0.5, 0.6) is 0 Å². The van der Waals surface area contributed by atoms with Gasteiger partial charge in [0.25, 0.3) is 11.1 Å². The Bertz CT molecular complexity index is 6460. The van der Waals surface area contributed by atoms with E-state index in [-0.39, 0.29) is 74.2 Å². The van der Waals surface area contributed by atoms with Gasteiger partial charge in [0.15, 0.2) is 29.0 Å². The molecule has 10 heterocycles. The largest absolute Gasteiger partial charge is 0.477 e. The Kier molecular flexibility index (Phi) is 37.9. The number of pyridine rings is 2. The van der Waals surface area contributed by atoms with Crippen molar-refractivity contribution < 1.29 is 46.6 Å². The van der Waals surface area contributed by atoms with E-state index in [4.69, 9.17) is 80.8 Å². The zero-order chi connectivity index (χ0) is 88.8. The first-order chi connectivity index (χ1) is 58.9. The Morgan fingerprint density at radius 3 is 1.20 bits per heavy atom. The summed E-state index contributed by atoms with van der Waals surface area (Å²) in [4.78, 5) is 87.2. The summed E-state index contributed by atoms with van der Waals surface area (Å²) in [6, 6.07) is 50.6. The molecule has 4 N–H and O–H groups in total. The Morgan fingerprint density at radius 1 is 0.488 bits per heavy atom. The van der Waals surface area contributed by atoms with Crippen molar-refractivity contribution in [1.82, 2.24) is 54.1 Å². The van der Waals surface area contributed by atoms with Gasteiger partial charge in [0.2, 0.25) is 0 Å². The second-order valence-electron chi connectivity index (χ2n) is 24.6. The van der Waals surface area contributed by atoms with E-state index in [1.54, 1.807) is 156 Å². The summed E-state index contributed by atoms with van der Waals surface area (Å²) < 4.78 is 66.4. The van der Waals surface area contributed by atoms with E-state index in [9.17, 15) is 51.1 Å². The van der Waals surface area contributed by atoms with Gasteiger partial charge in [-0.25, -0.2) is 36.4 Å². The third-order valence-electron chi connectivity index (χ3n) is 16.2. The number of carbonyl (C=O) groups is 5. The molecule has 0 aliphatic heterocycles. The standard InChI is InChI=1S/C21H18ClN5O2S.C20H14ClFN4O2S.C15H10ClFIN3OS.C9H7ClOS.C6H3FIN3.C6H5FIN.C5H3ClO2S/c1-23-16-12-15(26-11-3-2-4-21(26)29)6-7-17(16)27-13-14(24-25-27)5-8-18(28)19-9-10-20(22)30-19;21-19-9-8-18(29-19)17(27)7-4-13-12-26(24-23-13)16-6-5-14(11-15(16)22)25-10-2-1-3-20(25)28;16-15-6-5-14(23-15)13(22)4-2-10-8-21(20-19-10)12-3-1-9(18)7-11(12)17;1-2-3-4-7(11)8-5-6-9(10)12-8;7-5-3-4(8)1-2-6(5)10-11-9;7-5-3-4(8)1-2-6(5)9;6-4-2-1-3(9-4)5(7)8/h2-4,6-7,9-13,23H,5,8H2,1H3;1-3,5-6,8-12H,4,7H2;1,3,5-8H,2,4H2;1,5-6H,3-4H2;1-3H;1-3H,9H2;1-2H,(H,7,8). The molecule has 0 amide bonds. The minimum absolute atomic E-state index is 0.0110. The number of halogens is 12. The lowest BCUT2D eigenvalue weighted by Crippen LogP contribution is -2.16. The normalized spacial score (nSPS) is 10.4. The van der Waals surface area contributed by atoms with E-state index in [0.717, 1.165) is 44.8 Å². The van der Waals surface area contributed by atoms with Gasteiger partial charge in [-0.3, -0.25) is 37.9 Å². The monoisotopic (exact) mass is 2190 g/mol. The number of carbonyl (C=O) groups excluding carboxylic acids is 4. The van der Waals surface area contributed by atoms with Gasteiger partial charge >= 0.3 is 5.97 Å². The van der Waals surface area contributed by atoms with Crippen LogP contribution in [0.1, 0.15) is 97.5 Å². The molecule has 123 heavy (non-hydrogen) atoms. The van der Waals surface area contributed by atoms with Crippen molar-refractivity contribution in [3.8, 4) is 40.8 Å². The summed E-state index contributed by atoms with van der Waals surface area (Å²) in [5.41, 5.74) is 18.3. The highest BCUT2D eigenvalue weighted by Crippen LogP contribution is 2.30. The first-order valence-electron chi connectivity index (χ1n) is 35.4.